The number of para-hydroxylation sites is 1. The highest BCUT2D eigenvalue weighted by Gasteiger charge is 2.20. The first kappa shape index (κ1) is 15.3. The van der Waals surface area contributed by atoms with Gasteiger partial charge < -0.3 is 9.47 Å². The van der Waals surface area contributed by atoms with Crippen LogP contribution in [0.1, 0.15) is 23.0 Å². The van der Waals surface area contributed by atoms with Gasteiger partial charge in [-0.1, -0.05) is 12.1 Å². The van der Waals surface area contributed by atoms with Crippen LogP contribution in [0.5, 0.6) is 11.5 Å². The zero-order valence-electron chi connectivity index (χ0n) is 12.9. The number of rotatable bonds is 6. The average Bonchev–Trinajstić information content (AvgIpc) is 2.81. The van der Waals surface area contributed by atoms with Crippen LogP contribution in [0.25, 0.3) is 0 Å². The van der Waals surface area contributed by atoms with Crippen molar-refractivity contribution in [2.75, 3.05) is 14.2 Å². The molecule has 1 heterocycles. The summed E-state index contributed by atoms with van der Waals surface area (Å²) in [5.41, 5.74) is 5.89. The molecule has 6 heteroatoms. The minimum atomic E-state index is -0.0927. The Bertz CT molecular complexity index is 610. The quantitative estimate of drug-likeness (QED) is 0.623. The molecular weight excluding hydrogens is 268 g/mol. The number of nitrogens with zero attached hydrogens (tertiary/aromatic N) is 2. The maximum absolute atomic E-state index is 5.75. The largest absolute Gasteiger partial charge is 0.493 e. The summed E-state index contributed by atoms with van der Waals surface area (Å²) in [6, 6.07) is 7.73. The Morgan fingerprint density at radius 1 is 1.33 bits per heavy atom. The Kier molecular flexibility index (Phi) is 4.82. The Morgan fingerprint density at radius 2 is 2.10 bits per heavy atom. The molecule has 0 radical (unpaired) electrons. The van der Waals surface area contributed by atoms with Gasteiger partial charge in [0.2, 0.25) is 0 Å². The maximum Gasteiger partial charge on any atom is 0.165 e. The lowest BCUT2D eigenvalue weighted by Crippen LogP contribution is -2.30. The fourth-order valence-corrected chi connectivity index (χ4v) is 2.51. The molecule has 114 valence electrons. The van der Waals surface area contributed by atoms with Gasteiger partial charge in [0.25, 0.3) is 0 Å². The van der Waals surface area contributed by atoms with E-state index in [1.54, 1.807) is 14.2 Å². The van der Waals surface area contributed by atoms with E-state index in [9.17, 15) is 0 Å². The van der Waals surface area contributed by atoms with Crippen molar-refractivity contribution in [3.8, 4) is 11.5 Å². The van der Waals surface area contributed by atoms with Gasteiger partial charge in [0.15, 0.2) is 11.5 Å². The van der Waals surface area contributed by atoms with Crippen LogP contribution in [0.3, 0.4) is 0 Å². The molecule has 1 atom stereocenters. The summed E-state index contributed by atoms with van der Waals surface area (Å²) in [7, 11) is 5.18. The van der Waals surface area contributed by atoms with E-state index in [2.05, 4.69) is 16.6 Å². The number of aromatic nitrogens is 2. The zero-order valence-corrected chi connectivity index (χ0v) is 12.9. The number of hydrogen-bond donors (Lipinski definition) is 2. The number of methoxy groups -OCH3 is 2. The first-order valence-corrected chi connectivity index (χ1v) is 6.77. The van der Waals surface area contributed by atoms with Crippen LogP contribution in [0.4, 0.5) is 0 Å². The smallest absolute Gasteiger partial charge is 0.165 e. The second-order valence-corrected chi connectivity index (χ2v) is 4.91. The summed E-state index contributed by atoms with van der Waals surface area (Å²) in [6.45, 7) is 1.97. The van der Waals surface area contributed by atoms with Crippen molar-refractivity contribution in [3.05, 3.63) is 41.2 Å². The highest BCUT2D eigenvalue weighted by molar-refractivity contribution is 5.48. The van der Waals surface area contributed by atoms with Crippen molar-refractivity contribution in [2.45, 2.75) is 19.4 Å². The maximum atomic E-state index is 5.75. The molecule has 2 rings (SSSR count). The van der Waals surface area contributed by atoms with Crippen LogP contribution < -0.4 is 20.7 Å². The molecule has 1 aromatic heterocycles. The van der Waals surface area contributed by atoms with E-state index in [0.717, 1.165) is 17.0 Å². The second kappa shape index (κ2) is 6.60. The molecule has 3 N–H and O–H groups in total. The fraction of sp³-hybridized carbons (Fsp3) is 0.400. The number of ether oxygens (including phenoxy) is 2. The van der Waals surface area contributed by atoms with Gasteiger partial charge in [-0.2, -0.15) is 5.10 Å². The van der Waals surface area contributed by atoms with E-state index < -0.39 is 0 Å². The number of hydrogen-bond acceptors (Lipinski definition) is 5. The van der Waals surface area contributed by atoms with Crippen molar-refractivity contribution in [1.29, 1.82) is 0 Å². The number of benzene rings is 1. The summed E-state index contributed by atoms with van der Waals surface area (Å²) >= 11 is 0. The van der Waals surface area contributed by atoms with Crippen molar-refractivity contribution in [2.24, 2.45) is 12.9 Å². The number of hydrazine groups is 1. The van der Waals surface area contributed by atoms with Gasteiger partial charge >= 0.3 is 0 Å². The lowest BCUT2D eigenvalue weighted by molar-refractivity contribution is 0.346. The number of aryl methyl sites for hydroxylation is 2. The minimum absolute atomic E-state index is 0.0927. The Balaban J connectivity index is 2.35. The monoisotopic (exact) mass is 290 g/mol. The highest BCUT2D eigenvalue weighted by atomic mass is 16.5. The molecule has 21 heavy (non-hydrogen) atoms. The molecule has 0 bridgehead atoms. The predicted octanol–water partition coefficient (Wildman–Crippen LogP) is 1.49. The van der Waals surface area contributed by atoms with E-state index in [-0.39, 0.29) is 6.04 Å². The van der Waals surface area contributed by atoms with Crippen molar-refractivity contribution < 1.29 is 9.47 Å². The van der Waals surface area contributed by atoms with Crippen LogP contribution in [-0.4, -0.2) is 24.0 Å². The third-order valence-electron chi connectivity index (χ3n) is 3.52. The lowest BCUT2D eigenvalue weighted by Gasteiger charge is -2.20. The van der Waals surface area contributed by atoms with Crippen LogP contribution in [-0.2, 0) is 13.5 Å². The molecule has 1 unspecified atom stereocenters. The first-order chi connectivity index (χ1) is 10.1. The molecule has 0 saturated carbocycles. The average molecular weight is 290 g/mol. The SMILES string of the molecule is COc1cccc(C(Cc2cc(C)nn2C)NN)c1OC. The van der Waals surface area contributed by atoms with Gasteiger partial charge in [0.1, 0.15) is 0 Å². The van der Waals surface area contributed by atoms with Gasteiger partial charge in [-0.15, -0.1) is 0 Å². The van der Waals surface area contributed by atoms with Crippen LogP contribution >= 0.6 is 0 Å². The standard InChI is InChI=1S/C15H22N4O2/c1-10-8-11(19(2)18-10)9-13(17-16)12-6-5-7-14(20-3)15(12)21-4/h5-8,13,17H,9,16H2,1-4H3. The molecule has 0 amide bonds. The molecule has 2 aromatic rings. The van der Waals surface area contributed by atoms with Gasteiger partial charge in [-0.05, 0) is 19.1 Å². The fourth-order valence-electron chi connectivity index (χ4n) is 2.51. The molecule has 6 nitrogen and oxygen atoms in total. The Morgan fingerprint density at radius 3 is 2.62 bits per heavy atom. The third-order valence-corrected chi connectivity index (χ3v) is 3.52. The van der Waals surface area contributed by atoms with E-state index in [4.69, 9.17) is 15.3 Å². The van der Waals surface area contributed by atoms with Crippen LogP contribution in [0.2, 0.25) is 0 Å². The Labute approximate surface area is 124 Å². The second-order valence-electron chi connectivity index (χ2n) is 4.91. The van der Waals surface area contributed by atoms with E-state index in [0.29, 0.717) is 17.9 Å². The van der Waals surface area contributed by atoms with Crippen LogP contribution in [0.15, 0.2) is 24.3 Å². The first-order valence-electron chi connectivity index (χ1n) is 6.77. The summed E-state index contributed by atoms with van der Waals surface area (Å²) in [4.78, 5) is 0. The molecule has 0 spiro atoms. The molecular formula is C15H22N4O2. The van der Waals surface area contributed by atoms with Gasteiger partial charge in [-0.25, -0.2) is 0 Å². The summed E-state index contributed by atoms with van der Waals surface area (Å²) in [5, 5.41) is 4.36. The predicted molar refractivity (Wildman–Crippen MR) is 81.3 cm³/mol. The molecule has 0 fully saturated rings. The summed E-state index contributed by atoms with van der Waals surface area (Å²) < 4.78 is 12.7. The molecule has 0 saturated heterocycles. The van der Waals surface area contributed by atoms with Gasteiger partial charge in [-0.3, -0.25) is 16.0 Å². The molecule has 0 aliphatic heterocycles. The van der Waals surface area contributed by atoms with E-state index in [1.807, 2.05) is 36.9 Å². The normalized spacial score (nSPS) is 12.2. The minimum Gasteiger partial charge on any atom is -0.493 e. The summed E-state index contributed by atoms with van der Waals surface area (Å²) in [5.74, 6) is 7.14. The van der Waals surface area contributed by atoms with E-state index >= 15 is 0 Å². The van der Waals surface area contributed by atoms with Crippen molar-refractivity contribution >= 4 is 0 Å². The Hall–Kier alpha value is -2.05. The molecule has 0 aliphatic carbocycles. The highest BCUT2D eigenvalue weighted by Crippen LogP contribution is 2.35. The number of nitrogens with one attached hydrogen (secondary N) is 1. The lowest BCUT2D eigenvalue weighted by atomic mass is 10.0. The van der Waals surface area contributed by atoms with E-state index in [1.165, 1.54) is 0 Å². The topological polar surface area (TPSA) is 74.3 Å². The molecule has 1 aromatic carbocycles. The van der Waals surface area contributed by atoms with Gasteiger partial charge in [0.05, 0.1) is 26.0 Å². The number of nitrogens with two attached hydrogens (primary N) is 1. The van der Waals surface area contributed by atoms with Crippen LogP contribution in [0, 0.1) is 6.92 Å². The third kappa shape index (κ3) is 3.17. The van der Waals surface area contributed by atoms with Gasteiger partial charge in [0, 0.05) is 24.7 Å². The van der Waals surface area contributed by atoms with Crippen molar-refractivity contribution in [3.63, 3.8) is 0 Å². The zero-order chi connectivity index (χ0) is 15.4. The molecule has 0 aliphatic rings. The van der Waals surface area contributed by atoms with Crippen molar-refractivity contribution in [1.82, 2.24) is 15.2 Å². The summed E-state index contributed by atoms with van der Waals surface area (Å²) in [6.07, 6.45) is 0.706.